The molecule has 0 aliphatic carbocycles. The fraction of sp³-hybridized carbons (Fsp3) is 0.333. The number of ether oxygens (including phenoxy) is 1. The molecular formula is C21H24ClN3O2. The SMILES string of the molecule is Cc1ccc(Cl)c(OC(C)C(=O)NC(c2nc3ccccc3[nH]2)C(C)C)c1. The van der Waals surface area contributed by atoms with Crippen molar-refractivity contribution in [3.63, 3.8) is 0 Å². The Morgan fingerprint density at radius 3 is 2.63 bits per heavy atom. The Hall–Kier alpha value is -2.53. The number of halogens is 1. The summed E-state index contributed by atoms with van der Waals surface area (Å²) in [6.45, 7) is 7.75. The largest absolute Gasteiger partial charge is 0.479 e. The Labute approximate surface area is 164 Å². The van der Waals surface area contributed by atoms with Crippen molar-refractivity contribution in [1.82, 2.24) is 15.3 Å². The summed E-state index contributed by atoms with van der Waals surface area (Å²) in [6, 6.07) is 13.1. The van der Waals surface area contributed by atoms with Crippen LogP contribution < -0.4 is 10.1 Å². The minimum atomic E-state index is -0.685. The van der Waals surface area contributed by atoms with E-state index in [4.69, 9.17) is 16.3 Å². The Morgan fingerprint density at radius 1 is 1.19 bits per heavy atom. The highest BCUT2D eigenvalue weighted by Gasteiger charge is 2.25. The number of fused-ring (bicyclic) bond motifs is 1. The third kappa shape index (κ3) is 4.42. The monoisotopic (exact) mass is 385 g/mol. The number of aromatic nitrogens is 2. The topological polar surface area (TPSA) is 67.0 Å². The van der Waals surface area contributed by atoms with Crippen molar-refractivity contribution in [2.75, 3.05) is 0 Å². The highest BCUT2D eigenvalue weighted by atomic mass is 35.5. The molecule has 5 nitrogen and oxygen atoms in total. The molecule has 1 aromatic heterocycles. The number of amides is 1. The lowest BCUT2D eigenvalue weighted by Crippen LogP contribution is -2.40. The van der Waals surface area contributed by atoms with Gasteiger partial charge in [0.25, 0.3) is 5.91 Å². The molecule has 2 aromatic carbocycles. The molecule has 2 unspecified atom stereocenters. The van der Waals surface area contributed by atoms with Crippen LogP contribution in [0.2, 0.25) is 5.02 Å². The van der Waals surface area contributed by atoms with Crippen molar-refractivity contribution < 1.29 is 9.53 Å². The second-order valence-electron chi connectivity index (χ2n) is 7.06. The summed E-state index contributed by atoms with van der Waals surface area (Å²) in [5, 5.41) is 3.53. The second-order valence-corrected chi connectivity index (χ2v) is 7.47. The highest BCUT2D eigenvalue weighted by molar-refractivity contribution is 6.32. The molecule has 0 fully saturated rings. The summed E-state index contributed by atoms with van der Waals surface area (Å²) >= 11 is 6.17. The van der Waals surface area contributed by atoms with Gasteiger partial charge in [-0.2, -0.15) is 0 Å². The molecule has 1 heterocycles. The van der Waals surface area contributed by atoms with Crippen molar-refractivity contribution in [2.45, 2.75) is 39.8 Å². The minimum absolute atomic E-state index is 0.157. The van der Waals surface area contributed by atoms with E-state index in [0.29, 0.717) is 10.8 Å². The van der Waals surface area contributed by atoms with Gasteiger partial charge < -0.3 is 15.0 Å². The third-order valence-corrected chi connectivity index (χ3v) is 4.74. The predicted octanol–water partition coefficient (Wildman–Crippen LogP) is 4.81. The van der Waals surface area contributed by atoms with Crippen molar-refractivity contribution >= 4 is 28.5 Å². The highest BCUT2D eigenvalue weighted by Crippen LogP contribution is 2.27. The zero-order chi connectivity index (χ0) is 19.6. The first-order valence-electron chi connectivity index (χ1n) is 9.03. The number of benzene rings is 2. The van der Waals surface area contributed by atoms with E-state index < -0.39 is 6.10 Å². The number of aryl methyl sites for hydroxylation is 1. The van der Waals surface area contributed by atoms with E-state index in [2.05, 4.69) is 15.3 Å². The molecule has 6 heteroatoms. The van der Waals surface area contributed by atoms with E-state index in [1.54, 1.807) is 13.0 Å². The van der Waals surface area contributed by atoms with E-state index in [1.807, 2.05) is 57.2 Å². The van der Waals surface area contributed by atoms with E-state index in [1.165, 1.54) is 0 Å². The van der Waals surface area contributed by atoms with Gasteiger partial charge in [0.1, 0.15) is 11.6 Å². The maximum atomic E-state index is 12.7. The maximum absolute atomic E-state index is 12.7. The third-order valence-electron chi connectivity index (χ3n) is 4.43. The first kappa shape index (κ1) is 19.2. The lowest BCUT2D eigenvalue weighted by atomic mass is 10.0. The van der Waals surface area contributed by atoms with Crippen LogP contribution in [0, 0.1) is 12.8 Å². The van der Waals surface area contributed by atoms with Gasteiger partial charge in [0.2, 0.25) is 0 Å². The fourth-order valence-corrected chi connectivity index (χ4v) is 3.05. The summed E-state index contributed by atoms with van der Waals surface area (Å²) < 4.78 is 5.79. The zero-order valence-corrected chi connectivity index (χ0v) is 16.7. The Kier molecular flexibility index (Phi) is 5.71. The summed E-state index contributed by atoms with van der Waals surface area (Å²) in [6.07, 6.45) is -0.685. The second kappa shape index (κ2) is 8.01. The molecule has 2 N–H and O–H groups in total. The van der Waals surface area contributed by atoms with E-state index in [0.717, 1.165) is 22.4 Å². The number of H-pyrrole nitrogens is 1. The van der Waals surface area contributed by atoms with Gasteiger partial charge in [-0.1, -0.05) is 43.6 Å². The van der Waals surface area contributed by atoms with Gasteiger partial charge in [-0.3, -0.25) is 4.79 Å². The van der Waals surface area contributed by atoms with Gasteiger partial charge in [-0.05, 0) is 49.6 Å². The van der Waals surface area contributed by atoms with Gasteiger partial charge in [0.05, 0.1) is 22.1 Å². The van der Waals surface area contributed by atoms with Gasteiger partial charge in [-0.15, -0.1) is 0 Å². The van der Waals surface area contributed by atoms with E-state index >= 15 is 0 Å². The van der Waals surface area contributed by atoms with Gasteiger partial charge in [0, 0.05) is 0 Å². The first-order chi connectivity index (χ1) is 12.8. The standard InChI is InChI=1S/C21H24ClN3O2/c1-12(2)19(20-23-16-7-5-6-8-17(16)24-20)25-21(26)14(4)27-18-11-13(3)9-10-15(18)22/h5-12,14,19H,1-4H3,(H,23,24)(H,25,26). The Bertz CT molecular complexity index is 919. The molecular weight excluding hydrogens is 362 g/mol. The number of nitrogens with zero attached hydrogens (tertiary/aromatic N) is 1. The lowest BCUT2D eigenvalue weighted by Gasteiger charge is -2.23. The van der Waals surface area contributed by atoms with Gasteiger partial charge in [0.15, 0.2) is 6.10 Å². The van der Waals surface area contributed by atoms with Crippen LogP contribution >= 0.6 is 11.6 Å². The van der Waals surface area contributed by atoms with Crippen LogP contribution in [0.15, 0.2) is 42.5 Å². The van der Waals surface area contributed by atoms with Crippen LogP contribution in [-0.4, -0.2) is 22.0 Å². The summed E-state index contributed by atoms with van der Waals surface area (Å²) in [5.74, 6) is 1.18. The molecule has 0 bridgehead atoms. The number of carbonyl (C=O) groups is 1. The molecule has 0 spiro atoms. The predicted molar refractivity (Wildman–Crippen MR) is 108 cm³/mol. The molecule has 0 saturated carbocycles. The Morgan fingerprint density at radius 2 is 1.93 bits per heavy atom. The molecule has 0 aliphatic rings. The normalized spacial score (nSPS) is 13.6. The molecule has 0 saturated heterocycles. The number of aromatic amines is 1. The number of imidazole rings is 1. The average Bonchev–Trinajstić information content (AvgIpc) is 3.05. The number of hydrogen-bond acceptors (Lipinski definition) is 3. The molecule has 0 radical (unpaired) electrons. The van der Waals surface area contributed by atoms with Crippen molar-refractivity contribution in [2.24, 2.45) is 5.92 Å². The number of rotatable bonds is 6. The summed E-state index contributed by atoms with van der Waals surface area (Å²) in [7, 11) is 0. The molecule has 3 aromatic rings. The van der Waals surface area contributed by atoms with Crippen molar-refractivity contribution in [3.8, 4) is 5.75 Å². The lowest BCUT2D eigenvalue weighted by molar-refractivity contribution is -0.128. The van der Waals surface area contributed by atoms with Gasteiger partial charge in [-0.25, -0.2) is 4.98 Å². The average molecular weight is 386 g/mol. The van der Waals surface area contributed by atoms with E-state index in [9.17, 15) is 4.79 Å². The van der Waals surface area contributed by atoms with Crippen LogP contribution in [0.5, 0.6) is 5.75 Å². The van der Waals surface area contributed by atoms with Crippen molar-refractivity contribution in [1.29, 1.82) is 0 Å². The van der Waals surface area contributed by atoms with E-state index in [-0.39, 0.29) is 17.9 Å². The molecule has 27 heavy (non-hydrogen) atoms. The molecule has 0 aliphatic heterocycles. The van der Waals surface area contributed by atoms with Crippen LogP contribution in [0.3, 0.4) is 0 Å². The number of carbonyl (C=O) groups excluding carboxylic acids is 1. The number of para-hydroxylation sites is 2. The zero-order valence-electron chi connectivity index (χ0n) is 15.9. The smallest absolute Gasteiger partial charge is 0.261 e. The first-order valence-corrected chi connectivity index (χ1v) is 9.40. The molecule has 1 amide bonds. The van der Waals surface area contributed by atoms with Crippen molar-refractivity contribution in [3.05, 3.63) is 58.9 Å². The fourth-order valence-electron chi connectivity index (χ4n) is 2.89. The number of hydrogen-bond donors (Lipinski definition) is 2. The molecule has 2 atom stereocenters. The molecule has 142 valence electrons. The summed E-state index contributed by atoms with van der Waals surface area (Å²) in [5.41, 5.74) is 2.84. The number of nitrogens with one attached hydrogen (secondary N) is 2. The van der Waals surface area contributed by atoms with Crippen LogP contribution in [-0.2, 0) is 4.79 Å². The maximum Gasteiger partial charge on any atom is 0.261 e. The Balaban J connectivity index is 1.75. The quantitative estimate of drug-likeness (QED) is 0.640. The van der Waals surface area contributed by atoms with Crippen LogP contribution in [0.4, 0.5) is 0 Å². The minimum Gasteiger partial charge on any atom is -0.479 e. The summed E-state index contributed by atoms with van der Waals surface area (Å²) in [4.78, 5) is 20.7. The van der Waals surface area contributed by atoms with Crippen LogP contribution in [0.1, 0.15) is 38.2 Å². The van der Waals surface area contributed by atoms with Gasteiger partial charge >= 0.3 is 0 Å². The molecule has 3 rings (SSSR count). The van der Waals surface area contributed by atoms with Crippen LogP contribution in [0.25, 0.3) is 11.0 Å².